The number of hydrogen-bond donors (Lipinski definition) is 4. The zero-order valence-electron chi connectivity index (χ0n) is 40.3. The molecular weight excluding hydrogens is 837 g/mol. The highest BCUT2D eigenvalue weighted by molar-refractivity contribution is 7.80. The first-order valence-electron chi connectivity index (χ1n) is 25.7. The van der Waals surface area contributed by atoms with Gasteiger partial charge < -0.3 is 34.3 Å². The lowest BCUT2D eigenvalue weighted by Crippen LogP contribution is -2.60. The molecule has 0 amide bonds. The Hall–Kier alpha value is -1.68. The molecule has 1 heterocycles. The van der Waals surface area contributed by atoms with Crippen LogP contribution in [0.4, 0.5) is 0 Å². The summed E-state index contributed by atoms with van der Waals surface area (Å²) in [5, 5.41) is 30.7. The molecule has 6 atom stereocenters. The molecule has 1 saturated heterocycles. The van der Waals surface area contributed by atoms with Gasteiger partial charge in [-0.15, -0.1) is 0 Å². The van der Waals surface area contributed by atoms with Crippen LogP contribution < -0.4 is 0 Å². The van der Waals surface area contributed by atoms with Crippen molar-refractivity contribution in [2.45, 2.75) is 256 Å². The number of allylic oxidation sites excluding steroid dienone is 6. The summed E-state index contributed by atoms with van der Waals surface area (Å²) in [6.45, 7) is 3.97. The average molecular weight is 931 g/mol. The summed E-state index contributed by atoms with van der Waals surface area (Å²) in [6, 6.07) is 0. The number of rotatable bonds is 45. The largest absolute Gasteiger partial charge is 0.457 e. The van der Waals surface area contributed by atoms with Crippen molar-refractivity contribution in [3.8, 4) is 0 Å². The minimum atomic E-state index is -5.06. The summed E-state index contributed by atoms with van der Waals surface area (Å²) in [5.41, 5.74) is 0. The van der Waals surface area contributed by atoms with E-state index in [0.717, 1.165) is 51.4 Å². The van der Waals surface area contributed by atoms with Gasteiger partial charge in [0, 0.05) is 13.0 Å². The van der Waals surface area contributed by atoms with Crippen molar-refractivity contribution in [3.63, 3.8) is 0 Å². The zero-order valence-corrected chi connectivity index (χ0v) is 41.2. The molecule has 6 unspecified atom stereocenters. The van der Waals surface area contributed by atoms with Gasteiger partial charge in [0.2, 0.25) is 0 Å². The second-order valence-electron chi connectivity index (χ2n) is 17.8. The third-order valence-electron chi connectivity index (χ3n) is 11.7. The molecule has 0 saturated carbocycles. The Morgan fingerprint density at radius 2 is 1.03 bits per heavy atom. The maximum absolute atomic E-state index is 12.9. The van der Waals surface area contributed by atoms with Crippen LogP contribution in [-0.4, -0.2) is 97.5 Å². The van der Waals surface area contributed by atoms with Crippen LogP contribution in [0.3, 0.4) is 0 Å². The topological polar surface area (TPSA) is 178 Å². The number of carbonyl (C=O) groups excluding carboxylic acids is 1. The van der Waals surface area contributed by atoms with Crippen molar-refractivity contribution < 1.29 is 56.2 Å². The van der Waals surface area contributed by atoms with Crippen molar-refractivity contribution in [1.29, 1.82) is 0 Å². The lowest BCUT2D eigenvalue weighted by atomic mass is 9.99. The first kappa shape index (κ1) is 60.3. The van der Waals surface area contributed by atoms with Gasteiger partial charge in [-0.3, -0.25) is 9.35 Å². The van der Waals surface area contributed by atoms with Crippen molar-refractivity contribution in [3.05, 3.63) is 36.5 Å². The minimum absolute atomic E-state index is 0.0325. The molecule has 0 aromatic carbocycles. The predicted octanol–water partition coefficient (Wildman–Crippen LogP) is 11.7. The van der Waals surface area contributed by atoms with Crippen LogP contribution in [0.25, 0.3) is 0 Å². The van der Waals surface area contributed by atoms with E-state index in [4.69, 9.17) is 18.9 Å². The van der Waals surface area contributed by atoms with Crippen molar-refractivity contribution in [2.75, 3.05) is 26.4 Å². The number of aliphatic hydroxyl groups is 3. The second kappa shape index (κ2) is 42.7. The summed E-state index contributed by atoms with van der Waals surface area (Å²) in [7, 11) is -5.06. The highest BCUT2D eigenvalue weighted by Crippen LogP contribution is 2.26. The maximum Gasteiger partial charge on any atom is 0.397 e. The molecule has 1 rings (SSSR count). The Bertz CT molecular complexity index is 1260. The lowest BCUT2D eigenvalue weighted by molar-refractivity contribution is -0.301. The van der Waals surface area contributed by atoms with E-state index in [1.54, 1.807) is 0 Å². The average Bonchev–Trinajstić information content (AvgIpc) is 3.27. The van der Waals surface area contributed by atoms with Crippen LogP contribution in [0.2, 0.25) is 0 Å². The van der Waals surface area contributed by atoms with E-state index in [0.29, 0.717) is 13.0 Å². The fourth-order valence-electron chi connectivity index (χ4n) is 7.82. The van der Waals surface area contributed by atoms with Gasteiger partial charge >= 0.3 is 16.4 Å². The zero-order chi connectivity index (χ0) is 46.8. The van der Waals surface area contributed by atoms with Gasteiger partial charge in [-0.1, -0.05) is 179 Å². The summed E-state index contributed by atoms with van der Waals surface area (Å²) in [5.74, 6) is -0.402. The third kappa shape index (κ3) is 35.5. The van der Waals surface area contributed by atoms with Gasteiger partial charge in [-0.25, -0.2) is 4.18 Å². The molecule has 376 valence electrons. The molecule has 0 aromatic heterocycles. The van der Waals surface area contributed by atoms with E-state index < -0.39 is 59.8 Å². The molecule has 1 fully saturated rings. The third-order valence-corrected chi connectivity index (χ3v) is 12.2. The molecule has 0 bridgehead atoms. The summed E-state index contributed by atoms with van der Waals surface area (Å²) >= 11 is 0. The van der Waals surface area contributed by atoms with E-state index in [1.807, 2.05) is 0 Å². The quantitative estimate of drug-likeness (QED) is 0.0197. The molecule has 1 aliphatic rings. The maximum atomic E-state index is 12.9. The van der Waals surface area contributed by atoms with E-state index in [2.05, 4.69) is 54.5 Å². The number of carbonyl (C=O) groups is 1. The predicted molar refractivity (Wildman–Crippen MR) is 257 cm³/mol. The Morgan fingerprint density at radius 3 is 1.53 bits per heavy atom. The van der Waals surface area contributed by atoms with E-state index in [1.165, 1.54) is 141 Å². The summed E-state index contributed by atoms with van der Waals surface area (Å²) in [4.78, 5) is 12.9. The Morgan fingerprint density at radius 1 is 0.594 bits per heavy atom. The van der Waals surface area contributed by atoms with Crippen molar-refractivity contribution in [1.82, 2.24) is 0 Å². The number of unbranched alkanes of at least 4 members (excludes halogenated alkanes) is 26. The van der Waals surface area contributed by atoms with Gasteiger partial charge in [0.1, 0.15) is 30.5 Å². The minimum Gasteiger partial charge on any atom is -0.457 e. The molecule has 12 nitrogen and oxygen atoms in total. The summed E-state index contributed by atoms with van der Waals surface area (Å²) < 4.78 is 59.2. The normalized spacial score (nSPS) is 20.0. The Kier molecular flexibility index (Phi) is 40.2. The molecule has 13 heteroatoms. The number of aliphatic hydroxyl groups excluding tert-OH is 3. The fourth-order valence-corrected chi connectivity index (χ4v) is 8.32. The molecule has 4 N–H and O–H groups in total. The van der Waals surface area contributed by atoms with Crippen molar-refractivity contribution in [2.24, 2.45) is 0 Å². The number of hydrogen-bond acceptors (Lipinski definition) is 11. The van der Waals surface area contributed by atoms with Gasteiger partial charge in [0.15, 0.2) is 6.29 Å². The number of esters is 1. The highest BCUT2D eigenvalue weighted by Gasteiger charge is 2.48. The Labute approximate surface area is 390 Å². The standard InChI is InChI=1S/C51H94O12S/c1-3-5-7-9-11-13-15-17-19-21-23-24-26-28-30-32-34-36-38-40-47(53)61-45(44-60-51-49(55)50(63-64(56,57)58)48(54)46(42-52)62-51)43-59-41-39-37-35-33-31-29-27-25-22-20-18-16-14-12-10-8-6-4-2/h12,14,17-20,45-46,48-52,54-55H,3-11,13,15-16,21-44H2,1-2H3,(H,56,57,58)/b14-12-,19-17-,20-18-. The molecule has 0 radical (unpaired) electrons. The molecular formula is C51H94O12S. The van der Waals surface area contributed by atoms with E-state index in [-0.39, 0.29) is 19.6 Å². The van der Waals surface area contributed by atoms with Crippen molar-refractivity contribution >= 4 is 16.4 Å². The van der Waals surface area contributed by atoms with Crippen LogP contribution in [0.5, 0.6) is 0 Å². The van der Waals surface area contributed by atoms with Crippen LogP contribution >= 0.6 is 0 Å². The molecule has 64 heavy (non-hydrogen) atoms. The first-order chi connectivity index (χ1) is 31.1. The van der Waals surface area contributed by atoms with Gasteiger partial charge in [0.25, 0.3) is 0 Å². The van der Waals surface area contributed by atoms with Crippen LogP contribution in [-0.2, 0) is 38.3 Å². The fraction of sp³-hybridized carbons (Fsp3) is 0.863. The molecule has 0 spiro atoms. The monoisotopic (exact) mass is 931 g/mol. The van der Waals surface area contributed by atoms with Gasteiger partial charge in [-0.2, -0.15) is 8.42 Å². The van der Waals surface area contributed by atoms with E-state index in [9.17, 15) is 33.1 Å². The number of ether oxygens (including phenoxy) is 4. The SMILES string of the molecule is CCCCC/C=C\C/C=C\CCCCCCCCCCOCC(COC1OC(CO)C(O)C(OS(=O)(=O)O)C1O)OC(=O)CCCCCCCCCCC/C=C\CCCCCCCC. The molecule has 1 aliphatic heterocycles. The highest BCUT2D eigenvalue weighted by atomic mass is 32.3. The summed E-state index contributed by atoms with van der Waals surface area (Å²) in [6.07, 6.45) is 41.7. The first-order valence-corrected chi connectivity index (χ1v) is 27.1. The van der Waals surface area contributed by atoms with Gasteiger partial charge in [-0.05, 0) is 70.6 Å². The lowest BCUT2D eigenvalue weighted by Gasteiger charge is -2.41. The van der Waals surface area contributed by atoms with Crippen LogP contribution in [0.15, 0.2) is 36.5 Å². The van der Waals surface area contributed by atoms with Crippen LogP contribution in [0, 0.1) is 0 Å². The second-order valence-corrected chi connectivity index (χ2v) is 18.8. The van der Waals surface area contributed by atoms with Crippen LogP contribution in [0.1, 0.15) is 219 Å². The molecule has 0 aromatic rings. The van der Waals surface area contributed by atoms with Gasteiger partial charge in [0.05, 0.1) is 19.8 Å². The smallest absolute Gasteiger partial charge is 0.397 e. The Balaban J connectivity index is 2.37. The van der Waals surface area contributed by atoms with E-state index >= 15 is 0 Å². The molecule has 0 aliphatic carbocycles.